The van der Waals surface area contributed by atoms with Gasteiger partial charge in [-0.15, -0.1) is 0 Å². The lowest BCUT2D eigenvalue weighted by molar-refractivity contribution is -0.167. The van der Waals surface area contributed by atoms with Gasteiger partial charge in [0.25, 0.3) is 0 Å². The van der Waals surface area contributed by atoms with Crippen LogP contribution in [0.3, 0.4) is 0 Å². The Morgan fingerprint density at radius 3 is 2.73 bits per heavy atom. The molecule has 0 amide bonds. The van der Waals surface area contributed by atoms with Gasteiger partial charge >= 0.3 is 6.18 Å². The number of hydrogen-bond donors (Lipinski definition) is 0. The molecule has 6 heteroatoms. The molecule has 0 aromatic rings. The molecule has 86 valence electrons. The van der Waals surface area contributed by atoms with Crippen molar-refractivity contribution in [1.29, 1.82) is 5.26 Å². The van der Waals surface area contributed by atoms with Crippen molar-refractivity contribution in [2.75, 3.05) is 26.3 Å². The first-order valence-electron chi connectivity index (χ1n) is 4.73. The fourth-order valence-electron chi connectivity index (χ4n) is 1.48. The molecule has 0 aromatic heterocycles. The Labute approximate surface area is 86.4 Å². The van der Waals surface area contributed by atoms with E-state index in [4.69, 9.17) is 10.00 Å². The summed E-state index contributed by atoms with van der Waals surface area (Å²) in [4.78, 5) is 1.64. The first-order chi connectivity index (χ1) is 6.95. The van der Waals surface area contributed by atoms with E-state index in [0.29, 0.717) is 19.8 Å². The predicted molar refractivity (Wildman–Crippen MR) is 47.0 cm³/mol. The summed E-state index contributed by atoms with van der Waals surface area (Å²) in [5.41, 5.74) is 0. The van der Waals surface area contributed by atoms with Crippen LogP contribution in [0.25, 0.3) is 0 Å². The number of alkyl halides is 3. The molecule has 1 rings (SSSR count). The van der Waals surface area contributed by atoms with Gasteiger partial charge in [0.2, 0.25) is 0 Å². The van der Waals surface area contributed by atoms with Crippen LogP contribution in [0.5, 0.6) is 0 Å². The Morgan fingerprint density at radius 2 is 2.27 bits per heavy atom. The van der Waals surface area contributed by atoms with Crippen LogP contribution in [-0.4, -0.2) is 43.4 Å². The van der Waals surface area contributed by atoms with Crippen LogP contribution in [-0.2, 0) is 4.74 Å². The minimum absolute atomic E-state index is 0.0584. The predicted octanol–water partition coefficient (Wildman–Crippen LogP) is 1.41. The van der Waals surface area contributed by atoms with Gasteiger partial charge in [-0.2, -0.15) is 18.4 Å². The Hall–Kier alpha value is -0.800. The van der Waals surface area contributed by atoms with Gasteiger partial charge in [0.05, 0.1) is 19.3 Å². The average Bonchev–Trinajstić information content (AvgIpc) is 2.14. The molecule has 0 aliphatic carbocycles. The maximum atomic E-state index is 12.3. The van der Waals surface area contributed by atoms with Crippen LogP contribution < -0.4 is 0 Å². The van der Waals surface area contributed by atoms with Gasteiger partial charge < -0.3 is 4.74 Å². The standard InChI is InChI=1S/C9H13F3N2O/c1-7-6-15-3-2-14(7)5-8(4-13)9(10,11)12/h7-8H,2-3,5-6H2,1H3. The molecule has 1 aliphatic rings. The van der Waals surface area contributed by atoms with Crippen molar-refractivity contribution in [3.05, 3.63) is 0 Å². The fraction of sp³-hybridized carbons (Fsp3) is 0.889. The zero-order valence-corrected chi connectivity index (χ0v) is 8.42. The number of ether oxygens (including phenoxy) is 1. The number of nitrogens with zero attached hydrogens (tertiary/aromatic N) is 2. The lowest BCUT2D eigenvalue weighted by Crippen LogP contribution is -2.47. The third kappa shape index (κ3) is 3.36. The van der Waals surface area contributed by atoms with Crippen molar-refractivity contribution in [2.24, 2.45) is 5.92 Å². The molecule has 0 aromatic carbocycles. The number of hydrogen-bond acceptors (Lipinski definition) is 3. The van der Waals surface area contributed by atoms with E-state index in [1.807, 2.05) is 0 Å². The monoisotopic (exact) mass is 222 g/mol. The van der Waals surface area contributed by atoms with Gasteiger partial charge in [0.15, 0.2) is 5.92 Å². The van der Waals surface area contributed by atoms with Crippen molar-refractivity contribution >= 4 is 0 Å². The minimum Gasteiger partial charge on any atom is -0.379 e. The van der Waals surface area contributed by atoms with Crippen LogP contribution in [0.1, 0.15) is 6.92 Å². The van der Waals surface area contributed by atoms with Crippen molar-refractivity contribution < 1.29 is 17.9 Å². The summed E-state index contributed by atoms with van der Waals surface area (Å²) in [6, 6.07) is 1.24. The lowest BCUT2D eigenvalue weighted by atomic mass is 10.1. The van der Waals surface area contributed by atoms with Gasteiger partial charge in [0.1, 0.15) is 0 Å². The molecule has 1 aliphatic heterocycles. The zero-order valence-electron chi connectivity index (χ0n) is 8.42. The van der Waals surface area contributed by atoms with Crippen molar-refractivity contribution in [3.63, 3.8) is 0 Å². The average molecular weight is 222 g/mol. The summed E-state index contributed by atoms with van der Waals surface area (Å²) in [6.07, 6.45) is -4.44. The first-order valence-corrected chi connectivity index (χ1v) is 4.73. The smallest absolute Gasteiger partial charge is 0.379 e. The molecule has 0 saturated carbocycles. The van der Waals surface area contributed by atoms with Crippen LogP contribution in [0.15, 0.2) is 0 Å². The highest BCUT2D eigenvalue weighted by Gasteiger charge is 2.41. The Bertz CT molecular complexity index is 249. The normalized spacial score (nSPS) is 25.9. The highest BCUT2D eigenvalue weighted by atomic mass is 19.4. The van der Waals surface area contributed by atoms with Gasteiger partial charge in [-0.1, -0.05) is 0 Å². The second-order valence-corrected chi connectivity index (χ2v) is 3.64. The number of rotatable bonds is 2. The molecule has 1 heterocycles. The second kappa shape index (κ2) is 4.81. The Morgan fingerprint density at radius 1 is 1.60 bits per heavy atom. The summed E-state index contributed by atoms with van der Waals surface area (Å²) in [5.74, 6) is -1.90. The van der Waals surface area contributed by atoms with Crippen LogP contribution in [0.4, 0.5) is 13.2 Å². The van der Waals surface area contributed by atoms with E-state index < -0.39 is 12.1 Å². The largest absolute Gasteiger partial charge is 0.405 e. The third-order valence-corrected chi connectivity index (χ3v) is 2.47. The quantitative estimate of drug-likeness (QED) is 0.708. The molecule has 15 heavy (non-hydrogen) atoms. The molecule has 0 radical (unpaired) electrons. The van der Waals surface area contributed by atoms with Crippen molar-refractivity contribution in [2.45, 2.75) is 19.1 Å². The van der Waals surface area contributed by atoms with E-state index in [1.165, 1.54) is 6.07 Å². The second-order valence-electron chi connectivity index (χ2n) is 3.64. The Balaban J connectivity index is 2.55. The Kier molecular flexibility index (Phi) is 3.94. The van der Waals surface area contributed by atoms with Gasteiger partial charge in [-0.05, 0) is 6.92 Å². The molecular formula is C9H13F3N2O. The van der Waals surface area contributed by atoms with Crippen LogP contribution >= 0.6 is 0 Å². The number of halogens is 3. The molecule has 0 bridgehead atoms. The molecule has 2 unspecified atom stereocenters. The molecular weight excluding hydrogens is 209 g/mol. The van der Waals surface area contributed by atoms with E-state index in [0.717, 1.165) is 0 Å². The topological polar surface area (TPSA) is 36.3 Å². The lowest BCUT2D eigenvalue weighted by Gasteiger charge is -2.34. The van der Waals surface area contributed by atoms with Crippen molar-refractivity contribution in [3.8, 4) is 6.07 Å². The van der Waals surface area contributed by atoms with E-state index in [2.05, 4.69) is 0 Å². The molecule has 0 N–H and O–H groups in total. The maximum Gasteiger partial charge on any atom is 0.405 e. The van der Waals surface area contributed by atoms with E-state index in [1.54, 1.807) is 11.8 Å². The first kappa shape index (κ1) is 12.3. The SMILES string of the molecule is CC1COCCN1CC(C#N)C(F)(F)F. The van der Waals surface area contributed by atoms with Gasteiger partial charge in [-0.25, -0.2) is 0 Å². The summed E-state index contributed by atoms with van der Waals surface area (Å²) in [6.45, 7) is 2.85. The van der Waals surface area contributed by atoms with E-state index in [-0.39, 0.29) is 12.6 Å². The van der Waals surface area contributed by atoms with E-state index in [9.17, 15) is 13.2 Å². The molecule has 3 nitrogen and oxygen atoms in total. The van der Waals surface area contributed by atoms with Gasteiger partial charge in [-0.3, -0.25) is 4.90 Å². The molecule has 0 spiro atoms. The minimum atomic E-state index is -4.44. The number of nitriles is 1. The van der Waals surface area contributed by atoms with Crippen LogP contribution in [0.2, 0.25) is 0 Å². The molecule has 2 atom stereocenters. The van der Waals surface area contributed by atoms with Crippen molar-refractivity contribution in [1.82, 2.24) is 4.90 Å². The molecule has 1 fully saturated rings. The summed E-state index contributed by atoms with van der Waals surface area (Å²) < 4.78 is 42.1. The summed E-state index contributed by atoms with van der Waals surface area (Å²) >= 11 is 0. The third-order valence-electron chi connectivity index (χ3n) is 2.47. The number of morpholine rings is 1. The summed E-state index contributed by atoms with van der Waals surface area (Å²) in [7, 11) is 0. The molecule has 1 saturated heterocycles. The van der Waals surface area contributed by atoms with E-state index >= 15 is 0 Å². The van der Waals surface area contributed by atoms with Crippen LogP contribution in [0, 0.1) is 17.2 Å². The fourth-order valence-corrected chi connectivity index (χ4v) is 1.48. The van der Waals surface area contributed by atoms with Gasteiger partial charge in [0, 0.05) is 19.1 Å². The highest BCUT2D eigenvalue weighted by Crippen LogP contribution is 2.27. The zero-order chi connectivity index (χ0) is 11.5. The maximum absolute atomic E-state index is 12.3. The highest BCUT2D eigenvalue weighted by molar-refractivity contribution is 4.91. The summed E-state index contributed by atoms with van der Waals surface area (Å²) in [5, 5.41) is 8.45.